The van der Waals surface area contributed by atoms with Crippen molar-refractivity contribution < 1.29 is 4.74 Å². The third-order valence-corrected chi connectivity index (χ3v) is 4.60. The lowest BCUT2D eigenvalue weighted by atomic mass is 10.1. The van der Waals surface area contributed by atoms with Crippen molar-refractivity contribution >= 4 is 10.9 Å². The summed E-state index contributed by atoms with van der Waals surface area (Å²) in [5.74, 6) is 1.46. The Bertz CT molecular complexity index is 1010. The van der Waals surface area contributed by atoms with Crippen LogP contribution in [0.25, 0.3) is 22.3 Å². The smallest absolute Gasteiger partial charge is 0.224 e. The molecule has 0 aliphatic heterocycles. The number of ether oxygens (including phenoxy) is 1. The SMILES string of the molecule is COc1nc2ccccc2cc1-c1nccn1[C@@H](C)CCn1cccn1. The summed E-state index contributed by atoms with van der Waals surface area (Å²) in [6, 6.07) is 12.3. The van der Waals surface area contributed by atoms with E-state index in [2.05, 4.69) is 38.7 Å². The van der Waals surface area contributed by atoms with E-state index in [0.717, 1.165) is 35.3 Å². The molecule has 3 aromatic heterocycles. The second-order valence-corrected chi connectivity index (χ2v) is 6.30. The standard InChI is InChI=1S/C20H21N5O/c1-15(8-12-24-11-5-9-22-24)25-13-10-21-19(25)17-14-16-6-3-4-7-18(16)23-20(17)26-2/h3-7,9-11,13-15H,8,12H2,1-2H3/t15-/m0/s1. The van der Waals surface area contributed by atoms with Gasteiger partial charge in [-0.15, -0.1) is 0 Å². The zero-order valence-corrected chi connectivity index (χ0v) is 14.9. The molecule has 6 heteroatoms. The van der Waals surface area contributed by atoms with E-state index in [1.807, 2.05) is 47.5 Å². The summed E-state index contributed by atoms with van der Waals surface area (Å²) in [7, 11) is 1.65. The summed E-state index contributed by atoms with van der Waals surface area (Å²) in [6.07, 6.45) is 8.58. The fourth-order valence-corrected chi connectivity index (χ4v) is 3.18. The van der Waals surface area contributed by atoms with Gasteiger partial charge in [0.1, 0.15) is 5.82 Å². The molecular formula is C20H21N5O. The van der Waals surface area contributed by atoms with E-state index in [4.69, 9.17) is 4.74 Å². The van der Waals surface area contributed by atoms with Gasteiger partial charge in [0.2, 0.25) is 5.88 Å². The maximum absolute atomic E-state index is 5.55. The largest absolute Gasteiger partial charge is 0.480 e. The van der Waals surface area contributed by atoms with E-state index in [-0.39, 0.29) is 6.04 Å². The van der Waals surface area contributed by atoms with Gasteiger partial charge in [-0.1, -0.05) is 18.2 Å². The Morgan fingerprint density at radius 2 is 2.00 bits per heavy atom. The lowest BCUT2D eigenvalue weighted by Gasteiger charge is -2.17. The fraction of sp³-hybridized carbons (Fsp3) is 0.250. The molecule has 4 aromatic rings. The minimum atomic E-state index is 0.271. The Kier molecular flexibility index (Phi) is 4.39. The maximum atomic E-state index is 5.55. The molecule has 26 heavy (non-hydrogen) atoms. The van der Waals surface area contributed by atoms with Crippen LogP contribution in [0.3, 0.4) is 0 Å². The van der Waals surface area contributed by atoms with E-state index < -0.39 is 0 Å². The van der Waals surface area contributed by atoms with Crippen molar-refractivity contribution in [3.05, 3.63) is 61.2 Å². The molecule has 0 saturated carbocycles. The molecule has 1 aromatic carbocycles. The molecule has 0 aliphatic carbocycles. The summed E-state index contributed by atoms with van der Waals surface area (Å²) >= 11 is 0. The van der Waals surface area contributed by atoms with Gasteiger partial charge in [0, 0.05) is 42.8 Å². The second-order valence-electron chi connectivity index (χ2n) is 6.30. The van der Waals surface area contributed by atoms with Crippen molar-refractivity contribution in [1.82, 2.24) is 24.3 Å². The molecule has 0 bridgehead atoms. The highest BCUT2D eigenvalue weighted by atomic mass is 16.5. The van der Waals surface area contributed by atoms with Gasteiger partial charge in [-0.2, -0.15) is 5.10 Å². The first-order chi connectivity index (χ1) is 12.8. The fourth-order valence-electron chi connectivity index (χ4n) is 3.18. The predicted molar refractivity (Wildman–Crippen MR) is 101 cm³/mol. The quantitative estimate of drug-likeness (QED) is 0.530. The number of aryl methyl sites for hydroxylation is 1. The molecule has 0 saturated heterocycles. The highest BCUT2D eigenvalue weighted by Gasteiger charge is 2.17. The Morgan fingerprint density at radius 3 is 2.81 bits per heavy atom. The highest BCUT2D eigenvalue weighted by molar-refractivity contribution is 5.84. The zero-order chi connectivity index (χ0) is 17.9. The van der Waals surface area contributed by atoms with Gasteiger partial charge in [-0.05, 0) is 31.5 Å². The molecule has 1 atom stereocenters. The number of methoxy groups -OCH3 is 1. The van der Waals surface area contributed by atoms with Crippen molar-refractivity contribution in [3.8, 4) is 17.3 Å². The minimum absolute atomic E-state index is 0.271. The Balaban J connectivity index is 1.68. The van der Waals surface area contributed by atoms with E-state index >= 15 is 0 Å². The number of fused-ring (bicyclic) bond motifs is 1. The third-order valence-electron chi connectivity index (χ3n) is 4.60. The molecule has 0 amide bonds. The van der Waals surface area contributed by atoms with Crippen molar-refractivity contribution in [3.63, 3.8) is 0 Å². The van der Waals surface area contributed by atoms with E-state index in [9.17, 15) is 0 Å². The highest BCUT2D eigenvalue weighted by Crippen LogP contribution is 2.32. The van der Waals surface area contributed by atoms with Crippen molar-refractivity contribution in [1.29, 1.82) is 0 Å². The molecule has 4 rings (SSSR count). The monoisotopic (exact) mass is 347 g/mol. The molecule has 0 spiro atoms. The normalized spacial score (nSPS) is 12.4. The van der Waals surface area contributed by atoms with Crippen LogP contribution in [-0.4, -0.2) is 31.4 Å². The van der Waals surface area contributed by atoms with E-state index in [1.54, 1.807) is 13.3 Å². The molecule has 0 fully saturated rings. The molecule has 3 heterocycles. The van der Waals surface area contributed by atoms with Crippen LogP contribution in [0, 0.1) is 0 Å². The first-order valence-electron chi connectivity index (χ1n) is 8.70. The van der Waals surface area contributed by atoms with Crippen molar-refractivity contribution in [2.45, 2.75) is 25.9 Å². The van der Waals surface area contributed by atoms with Crippen LogP contribution < -0.4 is 4.74 Å². The summed E-state index contributed by atoms with van der Waals surface area (Å²) in [6.45, 7) is 3.05. The van der Waals surface area contributed by atoms with Gasteiger partial charge in [0.05, 0.1) is 18.2 Å². The number of rotatable bonds is 6. The van der Waals surface area contributed by atoms with Crippen molar-refractivity contribution in [2.75, 3.05) is 7.11 Å². The first kappa shape index (κ1) is 16.3. The number of imidazole rings is 1. The molecule has 0 N–H and O–H groups in total. The number of para-hydroxylation sites is 1. The van der Waals surface area contributed by atoms with Crippen LogP contribution in [0.2, 0.25) is 0 Å². The Hall–Kier alpha value is -3.15. The molecule has 0 aliphatic rings. The van der Waals surface area contributed by atoms with Gasteiger partial charge in [0.25, 0.3) is 0 Å². The summed E-state index contributed by atoms with van der Waals surface area (Å²) < 4.78 is 9.68. The van der Waals surface area contributed by atoms with Gasteiger partial charge < -0.3 is 9.30 Å². The van der Waals surface area contributed by atoms with Crippen LogP contribution in [-0.2, 0) is 6.54 Å². The van der Waals surface area contributed by atoms with E-state index in [1.165, 1.54) is 0 Å². The molecule has 0 unspecified atom stereocenters. The van der Waals surface area contributed by atoms with Crippen LogP contribution in [0.1, 0.15) is 19.4 Å². The summed E-state index contributed by atoms with van der Waals surface area (Å²) in [5, 5.41) is 5.34. The van der Waals surface area contributed by atoms with Crippen LogP contribution in [0.4, 0.5) is 0 Å². The average molecular weight is 347 g/mol. The van der Waals surface area contributed by atoms with Crippen molar-refractivity contribution in [2.24, 2.45) is 0 Å². The first-order valence-corrected chi connectivity index (χ1v) is 8.70. The minimum Gasteiger partial charge on any atom is -0.480 e. The number of pyridine rings is 1. The topological polar surface area (TPSA) is 57.8 Å². The maximum Gasteiger partial charge on any atom is 0.224 e. The van der Waals surface area contributed by atoms with Gasteiger partial charge >= 0.3 is 0 Å². The van der Waals surface area contributed by atoms with Crippen LogP contribution in [0.5, 0.6) is 5.88 Å². The van der Waals surface area contributed by atoms with Crippen LogP contribution >= 0.6 is 0 Å². The van der Waals surface area contributed by atoms with Gasteiger partial charge in [0.15, 0.2) is 0 Å². The summed E-state index contributed by atoms with van der Waals surface area (Å²) in [4.78, 5) is 9.24. The molecule has 132 valence electrons. The van der Waals surface area contributed by atoms with Crippen LogP contribution in [0.15, 0.2) is 61.2 Å². The number of hydrogen-bond acceptors (Lipinski definition) is 4. The average Bonchev–Trinajstić information content (AvgIpc) is 3.36. The summed E-state index contributed by atoms with van der Waals surface area (Å²) in [5.41, 5.74) is 1.82. The number of benzene rings is 1. The lowest BCUT2D eigenvalue weighted by Crippen LogP contribution is -2.10. The molecule has 6 nitrogen and oxygen atoms in total. The number of hydrogen-bond donors (Lipinski definition) is 0. The predicted octanol–water partition coefficient (Wildman–Crippen LogP) is 3.95. The van der Waals surface area contributed by atoms with E-state index in [0.29, 0.717) is 5.88 Å². The number of nitrogens with zero attached hydrogens (tertiary/aromatic N) is 5. The third kappa shape index (κ3) is 3.06. The zero-order valence-electron chi connectivity index (χ0n) is 14.9. The van der Waals surface area contributed by atoms with Gasteiger partial charge in [-0.3, -0.25) is 4.68 Å². The second kappa shape index (κ2) is 7.00. The molecular weight excluding hydrogens is 326 g/mol. The molecule has 0 radical (unpaired) electrons. The lowest BCUT2D eigenvalue weighted by molar-refractivity contribution is 0.399. The Labute approximate surface area is 152 Å². The van der Waals surface area contributed by atoms with Gasteiger partial charge in [-0.25, -0.2) is 9.97 Å². The Morgan fingerprint density at radius 1 is 1.12 bits per heavy atom. The number of aromatic nitrogens is 5.